The molecule has 0 bridgehead atoms. The van der Waals surface area contributed by atoms with Crippen LogP contribution in [0.4, 0.5) is 4.79 Å². The third kappa shape index (κ3) is 6.92. The van der Waals surface area contributed by atoms with Gasteiger partial charge in [-0.05, 0) is 62.9 Å². The fourth-order valence-electron chi connectivity index (χ4n) is 3.53. The summed E-state index contributed by atoms with van der Waals surface area (Å²) in [5.41, 5.74) is 1.67. The van der Waals surface area contributed by atoms with E-state index in [0.29, 0.717) is 30.5 Å². The van der Waals surface area contributed by atoms with E-state index < -0.39 is 26.8 Å². The van der Waals surface area contributed by atoms with Crippen molar-refractivity contribution < 1.29 is 56.8 Å². The van der Waals surface area contributed by atoms with Crippen molar-refractivity contribution in [1.82, 2.24) is 9.88 Å². The van der Waals surface area contributed by atoms with Gasteiger partial charge in [0.2, 0.25) is 0 Å². The number of fused-ring (bicyclic) bond motifs is 1. The van der Waals surface area contributed by atoms with E-state index in [9.17, 15) is 17.8 Å². The van der Waals surface area contributed by atoms with E-state index in [1.165, 1.54) is 6.07 Å². The molecule has 0 radical (unpaired) electrons. The first-order valence-corrected chi connectivity index (χ1v) is 11.4. The van der Waals surface area contributed by atoms with Gasteiger partial charge in [0, 0.05) is 18.2 Å². The summed E-state index contributed by atoms with van der Waals surface area (Å²) in [4.78, 5) is 18.6. The maximum Gasteiger partial charge on any atom is 1.00 e. The van der Waals surface area contributed by atoms with Crippen molar-refractivity contribution in [1.29, 1.82) is 0 Å². The number of carbonyl (C=O) groups is 1. The summed E-state index contributed by atoms with van der Waals surface area (Å²) in [6, 6.07) is 10.2. The van der Waals surface area contributed by atoms with Crippen LogP contribution < -0.4 is 34.3 Å². The molecule has 1 aliphatic rings. The van der Waals surface area contributed by atoms with Crippen molar-refractivity contribution in [3.05, 3.63) is 53.2 Å². The minimum Gasteiger partial charge on any atom is -0.743 e. The first kappa shape index (κ1) is 26.6. The molecule has 1 amide bonds. The Morgan fingerprint density at radius 3 is 2.41 bits per heavy atom. The second-order valence-corrected chi connectivity index (χ2v) is 9.89. The molecular weight excluding hydrogens is 443 g/mol. The second-order valence-electron chi connectivity index (χ2n) is 8.56. The molecule has 1 aromatic carbocycles. The molecule has 2 heterocycles. The Morgan fingerprint density at radius 1 is 1.19 bits per heavy atom. The zero-order valence-corrected chi connectivity index (χ0v) is 21.9. The number of methoxy groups -OCH3 is 1. The van der Waals surface area contributed by atoms with Gasteiger partial charge in [0.05, 0.1) is 13.7 Å². The van der Waals surface area contributed by atoms with Gasteiger partial charge in [-0.1, -0.05) is 18.2 Å². The van der Waals surface area contributed by atoms with E-state index >= 15 is 0 Å². The van der Waals surface area contributed by atoms with Crippen LogP contribution in [-0.2, 0) is 34.2 Å². The standard InChI is InChI=1S/C22H28N2O6S.Na/c1-22(2,3)30-21(25)24-14-16-8-12-20(31(26,27)28)23-19(16)13-17(24)9-5-15-6-10-18(29-4)11-7-15;/h6-8,10-12,17H,5,9,13-14H2,1-4H3,(H,26,27,28);/q;+1/p-1. The number of nitrogens with zero attached hydrogens (tertiary/aromatic N) is 2. The summed E-state index contributed by atoms with van der Waals surface area (Å²) in [5, 5.41) is -0.495. The molecule has 0 spiro atoms. The largest absolute Gasteiger partial charge is 1.00 e. The molecule has 3 rings (SSSR count). The Balaban J connectivity index is 0.00000363. The van der Waals surface area contributed by atoms with Crippen LogP contribution in [0.3, 0.4) is 0 Å². The molecule has 0 saturated heterocycles. The van der Waals surface area contributed by atoms with Crippen LogP contribution in [0.1, 0.15) is 44.0 Å². The van der Waals surface area contributed by atoms with E-state index in [0.717, 1.165) is 11.3 Å². The number of hydrogen-bond acceptors (Lipinski definition) is 7. The van der Waals surface area contributed by atoms with Gasteiger partial charge < -0.3 is 18.9 Å². The SMILES string of the molecule is COc1ccc(CCC2Cc3nc(S(=O)(=O)[O-])ccc3CN2C(=O)OC(C)(C)C)cc1.[Na+]. The van der Waals surface area contributed by atoms with Crippen LogP contribution >= 0.6 is 0 Å². The molecule has 1 aromatic heterocycles. The topological polar surface area (TPSA) is 109 Å². The predicted octanol–water partition coefficient (Wildman–Crippen LogP) is 0.293. The van der Waals surface area contributed by atoms with Gasteiger partial charge in [-0.2, -0.15) is 0 Å². The monoisotopic (exact) mass is 470 g/mol. The Kier molecular flexibility index (Phi) is 8.75. The average Bonchev–Trinajstić information content (AvgIpc) is 2.69. The quantitative estimate of drug-likeness (QED) is 0.457. The minimum absolute atomic E-state index is 0. The summed E-state index contributed by atoms with van der Waals surface area (Å²) in [7, 11) is -3.04. The number of amides is 1. The predicted molar refractivity (Wildman–Crippen MR) is 113 cm³/mol. The zero-order valence-electron chi connectivity index (χ0n) is 19.1. The molecule has 32 heavy (non-hydrogen) atoms. The van der Waals surface area contributed by atoms with Crippen molar-refractivity contribution in [3.8, 4) is 5.75 Å². The second kappa shape index (κ2) is 10.5. The van der Waals surface area contributed by atoms with Gasteiger partial charge in [-0.3, -0.25) is 0 Å². The van der Waals surface area contributed by atoms with E-state index in [2.05, 4.69) is 4.98 Å². The van der Waals surface area contributed by atoms with E-state index in [1.807, 2.05) is 45.0 Å². The third-order valence-corrected chi connectivity index (χ3v) is 5.80. The summed E-state index contributed by atoms with van der Waals surface area (Å²) < 4.78 is 44.9. The molecule has 10 heteroatoms. The normalized spacial score (nSPS) is 16.0. The average molecular weight is 471 g/mol. The fourth-order valence-corrected chi connectivity index (χ4v) is 3.99. The molecule has 0 aliphatic carbocycles. The molecule has 0 saturated carbocycles. The molecule has 0 fully saturated rings. The number of carbonyl (C=O) groups excluding carboxylic acids is 1. The third-order valence-electron chi connectivity index (χ3n) is 5.06. The molecule has 1 atom stereocenters. The molecular formula is C22H27N2NaO6S. The van der Waals surface area contributed by atoms with Gasteiger partial charge in [0.15, 0.2) is 0 Å². The van der Waals surface area contributed by atoms with Crippen LogP contribution in [0.2, 0.25) is 0 Å². The number of rotatable bonds is 5. The summed E-state index contributed by atoms with van der Waals surface area (Å²) >= 11 is 0. The van der Waals surface area contributed by atoms with Crippen LogP contribution in [-0.4, -0.2) is 47.7 Å². The van der Waals surface area contributed by atoms with E-state index in [1.54, 1.807) is 18.1 Å². The number of hydrogen-bond donors (Lipinski definition) is 0. The Hall–Kier alpha value is -1.65. The first-order valence-electron chi connectivity index (χ1n) is 10.0. The summed E-state index contributed by atoms with van der Waals surface area (Å²) in [6.07, 6.45) is 1.23. The Bertz CT molecular complexity index is 1050. The van der Waals surface area contributed by atoms with Gasteiger partial charge in [-0.25, -0.2) is 18.2 Å². The summed E-state index contributed by atoms with van der Waals surface area (Å²) in [5.74, 6) is 0.765. The van der Waals surface area contributed by atoms with Crippen LogP contribution in [0, 0.1) is 0 Å². The van der Waals surface area contributed by atoms with Crippen molar-refractivity contribution in [2.45, 2.75) is 63.2 Å². The van der Waals surface area contributed by atoms with Crippen molar-refractivity contribution in [3.63, 3.8) is 0 Å². The summed E-state index contributed by atoms with van der Waals surface area (Å²) in [6.45, 7) is 5.66. The molecule has 2 aromatic rings. The molecule has 1 unspecified atom stereocenters. The smallest absolute Gasteiger partial charge is 0.743 e. The van der Waals surface area contributed by atoms with Crippen LogP contribution in [0.5, 0.6) is 5.75 Å². The molecule has 1 aliphatic heterocycles. The molecule has 0 N–H and O–H groups in total. The van der Waals surface area contributed by atoms with Crippen molar-refractivity contribution in [2.75, 3.05) is 7.11 Å². The number of aromatic nitrogens is 1. The first-order chi connectivity index (χ1) is 14.5. The zero-order chi connectivity index (χ0) is 22.8. The van der Waals surface area contributed by atoms with Crippen molar-refractivity contribution in [2.24, 2.45) is 0 Å². The van der Waals surface area contributed by atoms with E-state index in [-0.39, 0.29) is 42.1 Å². The van der Waals surface area contributed by atoms with Gasteiger partial charge in [0.1, 0.15) is 26.5 Å². The molecule has 168 valence electrons. The Labute approximate surface area is 211 Å². The van der Waals surface area contributed by atoms with Crippen LogP contribution in [0.25, 0.3) is 0 Å². The van der Waals surface area contributed by atoms with Gasteiger partial charge in [-0.15, -0.1) is 0 Å². The fraction of sp³-hybridized carbons (Fsp3) is 0.455. The van der Waals surface area contributed by atoms with Gasteiger partial charge >= 0.3 is 35.7 Å². The van der Waals surface area contributed by atoms with Gasteiger partial charge in [0.25, 0.3) is 0 Å². The van der Waals surface area contributed by atoms with E-state index in [4.69, 9.17) is 9.47 Å². The molecule has 8 nitrogen and oxygen atoms in total. The Morgan fingerprint density at radius 2 is 1.84 bits per heavy atom. The number of ether oxygens (including phenoxy) is 2. The number of pyridine rings is 1. The maximum atomic E-state index is 12.9. The van der Waals surface area contributed by atoms with Crippen LogP contribution in [0.15, 0.2) is 41.4 Å². The number of benzene rings is 1. The van der Waals surface area contributed by atoms with Crippen molar-refractivity contribution >= 4 is 16.2 Å². The minimum atomic E-state index is -4.65. The number of aryl methyl sites for hydroxylation is 1. The maximum absolute atomic E-state index is 12.9.